The second-order valence-electron chi connectivity index (χ2n) is 21.0. The second kappa shape index (κ2) is 37.8. The Kier molecular flexibility index (Phi) is 31.9. The highest BCUT2D eigenvalue weighted by Gasteiger charge is 2.33. The number of rotatable bonds is 45. The molecule has 0 aromatic heterocycles. The molecule has 2 aromatic rings. The molecule has 1 aliphatic heterocycles. The molecular weight excluding hydrogens is 1150 g/mol. The van der Waals surface area contributed by atoms with Crippen molar-refractivity contribution in [2.45, 2.75) is 210 Å². The fraction of sp³-hybridized carbons (Fsp3) is 0.583. The Labute approximate surface area is 495 Å². The molecule has 1 amide bonds. The van der Waals surface area contributed by atoms with E-state index in [1.165, 1.54) is 120 Å². The lowest BCUT2D eigenvalue weighted by molar-refractivity contribution is -0.161. The number of para-hydroxylation sites is 1. The van der Waals surface area contributed by atoms with Crippen LogP contribution in [0.4, 0.5) is 5.69 Å². The summed E-state index contributed by atoms with van der Waals surface area (Å²) in [5.74, 6) is -3.31. The number of carbonyl (C=O) groups is 4. The van der Waals surface area contributed by atoms with Gasteiger partial charge in [0.15, 0.2) is 33.0 Å². The van der Waals surface area contributed by atoms with E-state index in [9.17, 15) is 54.6 Å². The number of unbranched alkanes of at least 4 members (excludes halogenated alkanes) is 23. The van der Waals surface area contributed by atoms with E-state index in [1.54, 1.807) is 0 Å². The van der Waals surface area contributed by atoms with Gasteiger partial charge in [0.2, 0.25) is 0 Å². The summed E-state index contributed by atoms with van der Waals surface area (Å²) >= 11 is 0. The largest absolute Gasteiger partial charge is 0.472 e. The minimum Gasteiger partial charge on any atom is -0.462 e. The number of nitrogens with one attached hydrogen (secondary N) is 2. The molecule has 0 fully saturated rings. The zero-order chi connectivity index (χ0) is 61.4. The van der Waals surface area contributed by atoms with Crippen LogP contribution in [0, 0.1) is 5.41 Å². The van der Waals surface area contributed by atoms with Gasteiger partial charge in [-0.2, -0.15) is 16.8 Å². The molecule has 0 radical (unpaired) electrons. The lowest BCUT2D eigenvalue weighted by Gasteiger charge is -2.21. The summed E-state index contributed by atoms with van der Waals surface area (Å²) in [6, 6.07) is 8.35. The summed E-state index contributed by atoms with van der Waals surface area (Å²) < 4.78 is 117. The maximum atomic E-state index is 13.8. The van der Waals surface area contributed by atoms with Crippen LogP contribution in [0.2, 0.25) is 0 Å². The van der Waals surface area contributed by atoms with E-state index in [2.05, 4.69) is 31.3 Å². The summed E-state index contributed by atoms with van der Waals surface area (Å²) in [5.41, 5.74) is 3.80. The number of anilines is 1. The smallest absolute Gasteiger partial charge is 0.462 e. The molecule has 0 spiro atoms. The number of fused-ring (bicyclic) bond motifs is 2. The SMILES string of the molecule is CCCCCCCCC=CCCCCCCCC(=O)O[C@H](COC(=O)CCCCCCCCCCCCCCC)COP(=O)(O)OCCNC(=O)c1cccc(-c2c3ccc(=N)c(S(=O)(=O)O)c-3oc3c(S(=O)(=O)O)c(N)ccc23)c1OC=O. The van der Waals surface area contributed by atoms with Gasteiger partial charge in [0.05, 0.1) is 29.8 Å². The number of amides is 1. The molecule has 24 heteroatoms. The molecule has 0 saturated heterocycles. The van der Waals surface area contributed by atoms with E-state index in [0.29, 0.717) is 12.8 Å². The predicted octanol–water partition coefficient (Wildman–Crippen LogP) is 13.1. The first-order valence-electron chi connectivity index (χ1n) is 29.7. The Morgan fingerprint density at radius 1 is 0.679 bits per heavy atom. The first-order valence-corrected chi connectivity index (χ1v) is 34.1. The zero-order valence-electron chi connectivity index (χ0n) is 48.8. The summed E-state index contributed by atoms with van der Waals surface area (Å²) in [5, 5.41) is 9.76. The van der Waals surface area contributed by atoms with Crippen LogP contribution in [0.1, 0.15) is 204 Å². The summed E-state index contributed by atoms with van der Waals surface area (Å²) in [6.45, 7) is 2.17. The van der Waals surface area contributed by atoms with Gasteiger partial charge >= 0.3 is 19.8 Å². The standard InChI is InChI=1S/C60H88N3O18PS2/c1-3-5-7-9-11-13-15-17-18-20-22-24-26-28-30-35-53(66)80-45(42-76-52(65)34-29-27-25-23-21-19-16-14-12-10-8-6-4-2)43-79-82(68,69)78-41-40-63-60(67)49-33-31-32-46(55(49)77-44-64)54-47-36-38-50(61)58(83(70,71)72)56(47)81-57-48(54)37-39-51(62)59(57)84(73,74)75/h17-18,31-33,36-39,44-45,61H,3-16,19-30,34-35,40-43,62H2,1-2H3,(H,63,67)(H,68,69)(H,70,71,72)(H,73,74,75)/t45-/m1/s1. The van der Waals surface area contributed by atoms with Gasteiger partial charge in [0.25, 0.3) is 32.6 Å². The average Bonchev–Trinajstić information content (AvgIpc) is 0.979. The fourth-order valence-electron chi connectivity index (χ4n) is 9.77. The molecule has 2 atom stereocenters. The molecule has 468 valence electrons. The van der Waals surface area contributed by atoms with Crippen LogP contribution < -0.4 is 21.1 Å². The third kappa shape index (κ3) is 24.8. The van der Waals surface area contributed by atoms with Gasteiger partial charge in [-0.1, -0.05) is 167 Å². The van der Waals surface area contributed by atoms with Gasteiger partial charge in [-0.3, -0.25) is 42.7 Å². The molecular formula is C60H88N3O18PS2. The van der Waals surface area contributed by atoms with Crippen LogP contribution in [0.5, 0.6) is 5.75 Å². The third-order valence-corrected chi connectivity index (χ3v) is 17.0. The summed E-state index contributed by atoms with van der Waals surface area (Å²) in [4.78, 5) is 60.2. The highest BCUT2D eigenvalue weighted by atomic mass is 32.2. The van der Waals surface area contributed by atoms with Crippen molar-refractivity contribution in [1.82, 2.24) is 5.32 Å². The number of phosphoric acid groups is 1. The molecule has 4 rings (SSSR count). The summed E-state index contributed by atoms with van der Waals surface area (Å²) in [6.07, 6.45) is 32.4. The van der Waals surface area contributed by atoms with Crippen molar-refractivity contribution in [1.29, 1.82) is 5.41 Å². The predicted molar refractivity (Wildman–Crippen MR) is 320 cm³/mol. The van der Waals surface area contributed by atoms with E-state index >= 15 is 0 Å². The topological polar surface area (TPSA) is 336 Å². The van der Waals surface area contributed by atoms with E-state index in [4.69, 9.17) is 38.8 Å². The normalized spacial score (nSPS) is 13.1. The van der Waals surface area contributed by atoms with Crippen molar-refractivity contribution in [3.63, 3.8) is 0 Å². The molecule has 7 N–H and O–H groups in total. The van der Waals surface area contributed by atoms with Crippen LogP contribution in [-0.2, 0) is 57.7 Å². The van der Waals surface area contributed by atoms with Crippen molar-refractivity contribution in [3.05, 3.63) is 65.5 Å². The Bertz CT molecular complexity index is 3060. The highest BCUT2D eigenvalue weighted by molar-refractivity contribution is 7.86. The number of ether oxygens (including phenoxy) is 3. The Hall–Kier alpha value is -5.52. The number of esters is 2. The monoisotopic (exact) mass is 1230 g/mol. The minimum atomic E-state index is -5.27. The summed E-state index contributed by atoms with van der Waals surface area (Å²) in [7, 11) is -15.4. The number of nitrogens with two attached hydrogens (primary N) is 1. The molecule has 21 nitrogen and oxygen atoms in total. The van der Waals surface area contributed by atoms with Crippen molar-refractivity contribution in [2.24, 2.45) is 0 Å². The van der Waals surface area contributed by atoms with Gasteiger partial charge in [-0.15, -0.1) is 0 Å². The lowest BCUT2D eigenvalue weighted by Crippen LogP contribution is -2.30. The number of nitrogen functional groups attached to an aromatic ring is 1. The number of benzene rings is 3. The molecule has 1 unspecified atom stereocenters. The maximum absolute atomic E-state index is 13.8. The molecule has 0 saturated carbocycles. The van der Waals surface area contributed by atoms with Gasteiger partial charge in [0.1, 0.15) is 6.61 Å². The first-order chi connectivity index (χ1) is 40.2. The number of hydrogen-bond acceptors (Lipinski definition) is 17. The van der Waals surface area contributed by atoms with Crippen molar-refractivity contribution in [3.8, 4) is 28.2 Å². The molecule has 1 aliphatic carbocycles. The number of hydrogen-bond donors (Lipinski definition) is 6. The Morgan fingerprint density at radius 3 is 1.76 bits per heavy atom. The Balaban J connectivity index is 1.37. The van der Waals surface area contributed by atoms with Gasteiger partial charge in [-0.05, 0) is 68.9 Å². The van der Waals surface area contributed by atoms with Crippen LogP contribution in [-0.4, -0.2) is 87.6 Å². The first kappa shape index (κ1) is 71.0. The van der Waals surface area contributed by atoms with Crippen LogP contribution in [0.3, 0.4) is 0 Å². The molecule has 0 bridgehead atoms. The number of phosphoric ester groups is 1. The molecule has 1 heterocycles. The quantitative estimate of drug-likeness (QED) is 0.00350. The van der Waals surface area contributed by atoms with E-state index in [0.717, 1.165) is 76.3 Å². The Morgan fingerprint density at radius 2 is 1.21 bits per heavy atom. The minimum absolute atomic E-state index is 0.0336. The third-order valence-electron chi connectivity index (χ3n) is 14.1. The highest BCUT2D eigenvalue weighted by Crippen LogP contribution is 2.48. The van der Waals surface area contributed by atoms with E-state index < -0.39 is 116 Å². The second-order valence-corrected chi connectivity index (χ2v) is 25.1. The molecule has 2 aromatic carbocycles. The van der Waals surface area contributed by atoms with Crippen molar-refractivity contribution >= 4 is 69.0 Å². The van der Waals surface area contributed by atoms with Gasteiger partial charge in [0, 0.05) is 41.5 Å². The molecule has 84 heavy (non-hydrogen) atoms. The molecule has 2 aliphatic rings. The average molecular weight is 1230 g/mol. The van der Waals surface area contributed by atoms with Crippen molar-refractivity contribution < 1.29 is 82.3 Å². The van der Waals surface area contributed by atoms with Gasteiger partial charge < -0.3 is 34.6 Å². The number of allylic oxidation sites excluding steroid dienone is 2. The van der Waals surface area contributed by atoms with Crippen LogP contribution >= 0.6 is 7.82 Å². The number of carbonyl (C=O) groups excluding carboxylic acids is 4. The van der Waals surface area contributed by atoms with E-state index in [1.807, 2.05) is 0 Å². The lowest BCUT2D eigenvalue weighted by atomic mass is 9.91. The van der Waals surface area contributed by atoms with Crippen LogP contribution in [0.25, 0.3) is 33.4 Å². The van der Waals surface area contributed by atoms with E-state index in [-0.39, 0.29) is 47.0 Å². The van der Waals surface area contributed by atoms with Gasteiger partial charge in [-0.25, -0.2) is 4.57 Å². The van der Waals surface area contributed by atoms with Crippen molar-refractivity contribution in [2.75, 3.05) is 32.1 Å². The zero-order valence-corrected chi connectivity index (χ0v) is 51.3. The van der Waals surface area contributed by atoms with Crippen LogP contribution in [0.15, 0.2) is 68.8 Å². The maximum Gasteiger partial charge on any atom is 0.472 e. The fourth-order valence-corrected chi connectivity index (χ4v) is 12.0.